The van der Waals surface area contributed by atoms with Crippen molar-refractivity contribution in [1.82, 2.24) is 14.5 Å². The molecule has 0 saturated carbocycles. The van der Waals surface area contributed by atoms with Gasteiger partial charge in [-0.3, -0.25) is 14.3 Å². The summed E-state index contributed by atoms with van der Waals surface area (Å²) in [6.45, 7) is 3.64. The first-order chi connectivity index (χ1) is 7.61. The third-order valence-electron chi connectivity index (χ3n) is 2.70. The van der Waals surface area contributed by atoms with Gasteiger partial charge in [-0.15, -0.1) is 0 Å². The minimum Gasteiger partial charge on any atom is -0.296 e. The highest BCUT2D eigenvalue weighted by Gasteiger charge is 2.09. The van der Waals surface area contributed by atoms with Gasteiger partial charge in [0.1, 0.15) is 5.82 Å². The number of aryl methyl sites for hydroxylation is 1. The Morgan fingerprint density at radius 1 is 1.19 bits per heavy atom. The number of hydrogen-bond acceptors (Lipinski definition) is 3. The highest BCUT2D eigenvalue weighted by molar-refractivity contribution is 5.54. The summed E-state index contributed by atoms with van der Waals surface area (Å²) in [6, 6.07) is 3.69. The zero-order valence-electron chi connectivity index (χ0n) is 9.56. The Bertz CT molecular complexity index is 573. The molecule has 0 aliphatic heterocycles. The average Bonchev–Trinajstić information content (AvgIpc) is 2.32. The summed E-state index contributed by atoms with van der Waals surface area (Å²) in [5, 5.41) is 0. The van der Waals surface area contributed by atoms with Crippen molar-refractivity contribution in [1.29, 1.82) is 0 Å². The Kier molecular flexibility index (Phi) is 2.56. The van der Waals surface area contributed by atoms with Gasteiger partial charge >= 0.3 is 0 Å². The molecular formula is C12H13N3O. The third-order valence-corrected chi connectivity index (χ3v) is 2.70. The minimum absolute atomic E-state index is 0.000637. The van der Waals surface area contributed by atoms with Gasteiger partial charge in [0.2, 0.25) is 0 Å². The van der Waals surface area contributed by atoms with Crippen molar-refractivity contribution in [3.63, 3.8) is 0 Å². The van der Waals surface area contributed by atoms with E-state index in [1.807, 2.05) is 19.1 Å². The van der Waals surface area contributed by atoms with Crippen LogP contribution in [0, 0.1) is 13.8 Å². The third kappa shape index (κ3) is 1.62. The van der Waals surface area contributed by atoms with Crippen molar-refractivity contribution in [3.05, 3.63) is 46.1 Å². The molecule has 0 aliphatic rings. The van der Waals surface area contributed by atoms with Crippen molar-refractivity contribution in [2.75, 3.05) is 0 Å². The molecule has 0 unspecified atom stereocenters. The Morgan fingerprint density at radius 2 is 1.81 bits per heavy atom. The molecule has 2 aromatic rings. The molecule has 82 valence electrons. The molecule has 2 heterocycles. The van der Waals surface area contributed by atoms with E-state index in [0.29, 0.717) is 11.4 Å². The maximum Gasteiger partial charge on any atom is 0.256 e. The molecule has 0 amide bonds. The lowest BCUT2D eigenvalue weighted by Crippen LogP contribution is -2.23. The van der Waals surface area contributed by atoms with E-state index in [9.17, 15) is 4.79 Å². The lowest BCUT2D eigenvalue weighted by Gasteiger charge is -2.09. The van der Waals surface area contributed by atoms with Gasteiger partial charge in [-0.25, -0.2) is 4.98 Å². The first-order valence-electron chi connectivity index (χ1n) is 5.06. The van der Waals surface area contributed by atoms with E-state index in [2.05, 4.69) is 9.97 Å². The molecule has 0 spiro atoms. The van der Waals surface area contributed by atoms with Gasteiger partial charge in [-0.2, -0.15) is 0 Å². The number of hydrogen-bond donors (Lipinski definition) is 0. The van der Waals surface area contributed by atoms with Crippen LogP contribution in [0.15, 0.2) is 29.3 Å². The normalized spacial score (nSPS) is 10.4. The number of aromatic nitrogens is 3. The molecule has 0 bridgehead atoms. The Labute approximate surface area is 93.6 Å². The fraction of sp³-hybridized carbons (Fsp3) is 0.250. The van der Waals surface area contributed by atoms with Crippen LogP contribution in [0.2, 0.25) is 0 Å². The summed E-state index contributed by atoms with van der Waals surface area (Å²) in [7, 11) is 1.73. The highest BCUT2D eigenvalue weighted by Crippen LogP contribution is 2.14. The lowest BCUT2D eigenvalue weighted by atomic mass is 10.2. The summed E-state index contributed by atoms with van der Waals surface area (Å²) in [5.41, 5.74) is 2.37. The largest absolute Gasteiger partial charge is 0.296 e. The molecular weight excluding hydrogens is 202 g/mol. The van der Waals surface area contributed by atoms with Gasteiger partial charge in [0.05, 0.1) is 0 Å². The predicted octanol–water partition coefficient (Wildman–Crippen LogP) is 1.46. The van der Waals surface area contributed by atoms with Crippen LogP contribution in [0.3, 0.4) is 0 Å². The summed E-state index contributed by atoms with van der Waals surface area (Å²) < 4.78 is 1.57. The summed E-state index contributed by atoms with van der Waals surface area (Å²) in [6.07, 6.45) is 3.38. The standard InChI is InChI=1S/C12H13N3O/c1-8-9(2)14-11(15(3)12(8)16)10-4-6-13-7-5-10/h4-7H,1-3H3. The molecule has 0 aromatic carbocycles. The van der Waals surface area contributed by atoms with Gasteiger partial charge in [0.25, 0.3) is 5.56 Å². The smallest absolute Gasteiger partial charge is 0.256 e. The van der Waals surface area contributed by atoms with Gasteiger partial charge in [0.15, 0.2) is 0 Å². The molecule has 0 saturated heterocycles. The molecule has 16 heavy (non-hydrogen) atoms. The minimum atomic E-state index is -0.000637. The van der Waals surface area contributed by atoms with Crippen LogP contribution >= 0.6 is 0 Å². The van der Waals surface area contributed by atoms with Crippen LogP contribution in [0.25, 0.3) is 11.4 Å². The predicted molar refractivity (Wildman–Crippen MR) is 62.2 cm³/mol. The molecule has 2 rings (SSSR count). The SMILES string of the molecule is Cc1nc(-c2ccncc2)n(C)c(=O)c1C. The Balaban J connectivity index is 2.73. The summed E-state index contributed by atoms with van der Waals surface area (Å²) in [4.78, 5) is 20.3. The zero-order chi connectivity index (χ0) is 11.7. The van der Waals surface area contributed by atoms with Gasteiger partial charge < -0.3 is 0 Å². The van der Waals surface area contributed by atoms with E-state index in [-0.39, 0.29) is 5.56 Å². The van der Waals surface area contributed by atoms with E-state index in [1.165, 1.54) is 0 Å². The highest BCUT2D eigenvalue weighted by atomic mass is 16.1. The second kappa shape index (κ2) is 3.89. The maximum absolute atomic E-state index is 11.9. The molecule has 2 aromatic heterocycles. The van der Waals surface area contributed by atoms with Crippen LogP contribution < -0.4 is 5.56 Å². The second-order valence-corrected chi connectivity index (χ2v) is 3.75. The van der Waals surface area contributed by atoms with Crippen molar-refractivity contribution in [2.24, 2.45) is 7.05 Å². The topological polar surface area (TPSA) is 47.8 Å². The molecule has 4 nitrogen and oxygen atoms in total. The molecule has 0 N–H and O–H groups in total. The van der Waals surface area contributed by atoms with E-state index in [0.717, 1.165) is 11.3 Å². The van der Waals surface area contributed by atoms with E-state index >= 15 is 0 Å². The van der Waals surface area contributed by atoms with E-state index in [4.69, 9.17) is 0 Å². The molecule has 4 heteroatoms. The lowest BCUT2D eigenvalue weighted by molar-refractivity contribution is 0.812. The second-order valence-electron chi connectivity index (χ2n) is 3.75. The number of rotatable bonds is 1. The maximum atomic E-state index is 11.9. The Hall–Kier alpha value is -1.97. The molecule has 0 fully saturated rings. The van der Waals surface area contributed by atoms with Crippen molar-refractivity contribution < 1.29 is 0 Å². The number of nitrogens with zero attached hydrogens (tertiary/aromatic N) is 3. The van der Waals surface area contributed by atoms with E-state index < -0.39 is 0 Å². The zero-order valence-corrected chi connectivity index (χ0v) is 9.56. The average molecular weight is 215 g/mol. The quantitative estimate of drug-likeness (QED) is 0.723. The monoisotopic (exact) mass is 215 g/mol. The van der Waals surface area contributed by atoms with Crippen LogP contribution in [0.1, 0.15) is 11.3 Å². The fourth-order valence-corrected chi connectivity index (χ4v) is 1.58. The molecule has 0 radical (unpaired) electrons. The van der Waals surface area contributed by atoms with Gasteiger partial charge in [-0.1, -0.05) is 0 Å². The van der Waals surface area contributed by atoms with Crippen LogP contribution in [-0.4, -0.2) is 14.5 Å². The summed E-state index contributed by atoms with van der Waals surface area (Å²) >= 11 is 0. The van der Waals surface area contributed by atoms with Gasteiger partial charge in [0, 0.05) is 36.3 Å². The van der Waals surface area contributed by atoms with E-state index in [1.54, 1.807) is 30.9 Å². The van der Waals surface area contributed by atoms with Crippen molar-refractivity contribution >= 4 is 0 Å². The first-order valence-corrected chi connectivity index (χ1v) is 5.06. The van der Waals surface area contributed by atoms with Crippen LogP contribution in [-0.2, 0) is 7.05 Å². The van der Waals surface area contributed by atoms with Crippen LogP contribution in [0.4, 0.5) is 0 Å². The fourth-order valence-electron chi connectivity index (χ4n) is 1.58. The van der Waals surface area contributed by atoms with Gasteiger partial charge in [-0.05, 0) is 26.0 Å². The van der Waals surface area contributed by atoms with Crippen molar-refractivity contribution in [3.8, 4) is 11.4 Å². The summed E-state index contributed by atoms with van der Waals surface area (Å²) in [5.74, 6) is 0.676. The Morgan fingerprint density at radius 3 is 2.44 bits per heavy atom. The van der Waals surface area contributed by atoms with Crippen molar-refractivity contribution in [2.45, 2.75) is 13.8 Å². The van der Waals surface area contributed by atoms with Crippen LogP contribution in [0.5, 0.6) is 0 Å². The number of pyridine rings is 1. The molecule has 0 atom stereocenters. The molecule has 0 aliphatic carbocycles. The first kappa shape index (κ1) is 10.5.